The number of rotatable bonds is 3. The molecule has 3 aromatic rings. The summed E-state index contributed by atoms with van der Waals surface area (Å²) in [5.41, 5.74) is 8.22. The highest BCUT2D eigenvalue weighted by atomic mass is 32.1. The standard InChI is InChI=1S/C17H15NO2S/c18-15-9-20-16-7-12(5-6-14(15)16)19-8-11-10-21-17-4-2-1-3-13(11)17/h1-7,10,15H,8-9,18H2. The van der Waals surface area contributed by atoms with Crippen molar-refractivity contribution in [2.45, 2.75) is 12.6 Å². The van der Waals surface area contributed by atoms with Crippen LogP contribution >= 0.6 is 11.3 Å². The third kappa shape index (κ3) is 2.26. The lowest BCUT2D eigenvalue weighted by Crippen LogP contribution is -2.10. The van der Waals surface area contributed by atoms with Crippen molar-refractivity contribution < 1.29 is 9.47 Å². The Kier molecular flexibility index (Phi) is 3.05. The van der Waals surface area contributed by atoms with Crippen LogP contribution in [-0.4, -0.2) is 6.61 Å². The molecule has 2 N–H and O–H groups in total. The first-order valence-corrected chi connectivity index (χ1v) is 7.79. The molecule has 0 radical (unpaired) electrons. The first-order chi connectivity index (χ1) is 10.3. The Morgan fingerprint density at radius 1 is 1.24 bits per heavy atom. The molecule has 0 spiro atoms. The molecule has 2 aromatic carbocycles. The fourth-order valence-corrected chi connectivity index (χ4v) is 3.56. The third-order valence-corrected chi connectivity index (χ3v) is 4.77. The summed E-state index contributed by atoms with van der Waals surface area (Å²) in [4.78, 5) is 0. The van der Waals surface area contributed by atoms with E-state index < -0.39 is 0 Å². The maximum atomic E-state index is 5.95. The second kappa shape index (κ2) is 5.06. The summed E-state index contributed by atoms with van der Waals surface area (Å²) >= 11 is 1.75. The summed E-state index contributed by atoms with van der Waals surface area (Å²) in [6, 6.07) is 14.2. The topological polar surface area (TPSA) is 44.5 Å². The van der Waals surface area contributed by atoms with Gasteiger partial charge in [-0.1, -0.05) is 18.2 Å². The van der Waals surface area contributed by atoms with Crippen molar-refractivity contribution in [2.75, 3.05) is 6.61 Å². The van der Waals surface area contributed by atoms with Crippen LogP contribution in [0.3, 0.4) is 0 Å². The van der Waals surface area contributed by atoms with Crippen molar-refractivity contribution in [3.05, 3.63) is 59.0 Å². The molecule has 1 unspecified atom stereocenters. The molecule has 1 aliphatic heterocycles. The second-order valence-corrected chi connectivity index (χ2v) is 6.07. The van der Waals surface area contributed by atoms with Crippen molar-refractivity contribution in [1.82, 2.24) is 0 Å². The van der Waals surface area contributed by atoms with Gasteiger partial charge in [-0.05, 0) is 29.0 Å². The zero-order chi connectivity index (χ0) is 14.2. The average molecular weight is 297 g/mol. The largest absolute Gasteiger partial charge is 0.491 e. The van der Waals surface area contributed by atoms with Crippen LogP contribution < -0.4 is 15.2 Å². The predicted molar refractivity (Wildman–Crippen MR) is 85.0 cm³/mol. The van der Waals surface area contributed by atoms with E-state index in [1.165, 1.54) is 15.6 Å². The molecule has 0 aliphatic carbocycles. The molecule has 0 amide bonds. The zero-order valence-corrected chi connectivity index (χ0v) is 12.2. The van der Waals surface area contributed by atoms with E-state index in [4.69, 9.17) is 15.2 Å². The minimum atomic E-state index is -0.0186. The van der Waals surface area contributed by atoms with Gasteiger partial charge in [-0.2, -0.15) is 0 Å². The fraction of sp³-hybridized carbons (Fsp3) is 0.176. The van der Waals surface area contributed by atoms with Crippen molar-refractivity contribution in [2.24, 2.45) is 5.73 Å². The normalized spacial score (nSPS) is 16.7. The van der Waals surface area contributed by atoms with Gasteiger partial charge in [0.1, 0.15) is 24.7 Å². The predicted octanol–water partition coefficient (Wildman–Crippen LogP) is 3.87. The monoisotopic (exact) mass is 297 g/mol. The molecule has 1 aromatic heterocycles. The van der Waals surface area contributed by atoms with Gasteiger partial charge in [0, 0.05) is 21.9 Å². The Bertz CT molecular complexity index is 796. The minimum absolute atomic E-state index is 0.0186. The number of hydrogen-bond donors (Lipinski definition) is 1. The maximum absolute atomic E-state index is 5.95. The summed E-state index contributed by atoms with van der Waals surface area (Å²) in [5, 5.41) is 3.42. The molecule has 0 bridgehead atoms. The summed E-state index contributed by atoms with van der Waals surface area (Å²) in [6.45, 7) is 1.11. The molecule has 0 fully saturated rings. The van der Waals surface area contributed by atoms with Crippen LogP contribution in [0.4, 0.5) is 0 Å². The van der Waals surface area contributed by atoms with E-state index in [0.717, 1.165) is 17.1 Å². The molecule has 1 atom stereocenters. The Hall–Kier alpha value is -2.04. The van der Waals surface area contributed by atoms with E-state index in [1.54, 1.807) is 11.3 Å². The highest BCUT2D eigenvalue weighted by Crippen LogP contribution is 2.34. The van der Waals surface area contributed by atoms with Crippen LogP contribution in [0, 0.1) is 0 Å². The molecule has 3 nitrogen and oxygen atoms in total. The van der Waals surface area contributed by atoms with Gasteiger partial charge in [-0.25, -0.2) is 0 Å². The molecule has 21 heavy (non-hydrogen) atoms. The van der Waals surface area contributed by atoms with Gasteiger partial charge in [0.15, 0.2) is 0 Å². The molecular weight excluding hydrogens is 282 g/mol. The molecule has 106 valence electrons. The average Bonchev–Trinajstić information content (AvgIpc) is 3.09. The zero-order valence-electron chi connectivity index (χ0n) is 11.4. The van der Waals surface area contributed by atoms with E-state index in [2.05, 4.69) is 29.6 Å². The van der Waals surface area contributed by atoms with Crippen LogP contribution in [0.15, 0.2) is 47.8 Å². The van der Waals surface area contributed by atoms with Crippen molar-refractivity contribution in [3.8, 4) is 11.5 Å². The second-order valence-electron chi connectivity index (χ2n) is 5.16. The highest BCUT2D eigenvalue weighted by Gasteiger charge is 2.20. The van der Waals surface area contributed by atoms with Gasteiger partial charge >= 0.3 is 0 Å². The third-order valence-electron chi connectivity index (χ3n) is 3.76. The number of hydrogen-bond acceptors (Lipinski definition) is 4. The number of thiophene rings is 1. The number of benzene rings is 2. The van der Waals surface area contributed by atoms with Gasteiger partial charge in [0.25, 0.3) is 0 Å². The lowest BCUT2D eigenvalue weighted by Gasteiger charge is -2.07. The van der Waals surface area contributed by atoms with Gasteiger partial charge < -0.3 is 15.2 Å². The summed E-state index contributed by atoms with van der Waals surface area (Å²) in [5.74, 6) is 1.66. The van der Waals surface area contributed by atoms with Gasteiger partial charge in [0.2, 0.25) is 0 Å². The number of nitrogens with two attached hydrogens (primary N) is 1. The van der Waals surface area contributed by atoms with E-state index in [1.807, 2.05) is 18.2 Å². The summed E-state index contributed by atoms with van der Waals surface area (Å²) in [6.07, 6.45) is 0. The van der Waals surface area contributed by atoms with Gasteiger partial charge in [-0.15, -0.1) is 11.3 Å². The molecule has 1 aliphatic rings. The van der Waals surface area contributed by atoms with Gasteiger partial charge in [-0.3, -0.25) is 0 Å². The van der Waals surface area contributed by atoms with Crippen molar-refractivity contribution >= 4 is 21.4 Å². The van der Waals surface area contributed by atoms with Crippen LogP contribution in [0.5, 0.6) is 11.5 Å². The first-order valence-electron chi connectivity index (χ1n) is 6.91. The molecule has 0 saturated heterocycles. The highest BCUT2D eigenvalue weighted by molar-refractivity contribution is 7.17. The van der Waals surface area contributed by atoms with E-state index in [-0.39, 0.29) is 6.04 Å². The van der Waals surface area contributed by atoms with Crippen molar-refractivity contribution in [3.63, 3.8) is 0 Å². The van der Waals surface area contributed by atoms with Gasteiger partial charge in [0.05, 0.1) is 6.04 Å². The van der Waals surface area contributed by atoms with E-state index >= 15 is 0 Å². The first kappa shape index (κ1) is 12.7. The number of fused-ring (bicyclic) bond motifs is 2. The Morgan fingerprint density at radius 3 is 3.10 bits per heavy atom. The van der Waals surface area contributed by atoms with E-state index in [0.29, 0.717) is 13.2 Å². The summed E-state index contributed by atoms with van der Waals surface area (Å²) in [7, 11) is 0. The van der Waals surface area contributed by atoms with Crippen LogP contribution in [-0.2, 0) is 6.61 Å². The molecule has 4 heteroatoms. The molecular formula is C17H15NO2S. The van der Waals surface area contributed by atoms with Crippen LogP contribution in [0.1, 0.15) is 17.2 Å². The molecule has 0 saturated carbocycles. The van der Waals surface area contributed by atoms with Crippen molar-refractivity contribution in [1.29, 1.82) is 0 Å². The fourth-order valence-electron chi connectivity index (χ4n) is 2.61. The minimum Gasteiger partial charge on any atom is -0.491 e. The van der Waals surface area contributed by atoms with Crippen LogP contribution in [0.2, 0.25) is 0 Å². The lowest BCUT2D eigenvalue weighted by molar-refractivity contribution is 0.302. The maximum Gasteiger partial charge on any atom is 0.127 e. The Balaban J connectivity index is 1.55. The Labute approximate surface area is 126 Å². The smallest absolute Gasteiger partial charge is 0.127 e. The quantitative estimate of drug-likeness (QED) is 0.798. The Morgan fingerprint density at radius 2 is 2.14 bits per heavy atom. The molecule has 2 heterocycles. The number of ether oxygens (including phenoxy) is 2. The lowest BCUT2D eigenvalue weighted by atomic mass is 10.1. The SMILES string of the molecule is NC1COc2cc(OCc3csc4ccccc34)ccc21. The van der Waals surface area contributed by atoms with E-state index in [9.17, 15) is 0 Å². The van der Waals surface area contributed by atoms with Crippen LogP contribution in [0.25, 0.3) is 10.1 Å². The summed E-state index contributed by atoms with van der Waals surface area (Å²) < 4.78 is 12.8. The molecule has 4 rings (SSSR count).